The number of benzene rings is 1. The molecule has 4 N–H and O–H groups in total. The van der Waals surface area contributed by atoms with Gasteiger partial charge in [0.05, 0.1) is 19.6 Å². The van der Waals surface area contributed by atoms with E-state index in [0.29, 0.717) is 0 Å². The highest BCUT2D eigenvalue weighted by atomic mass is 15.1. The molecule has 0 radical (unpaired) electrons. The maximum atomic E-state index is 3.89. The number of hydrogen-bond donors (Lipinski definition) is 2. The van der Waals surface area contributed by atoms with E-state index in [0.717, 1.165) is 13.1 Å². The van der Waals surface area contributed by atoms with Gasteiger partial charge in [-0.2, -0.15) is 0 Å². The molecule has 0 spiro atoms. The average Bonchev–Trinajstić information content (AvgIpc) is 2.25. The minimum Gasteiger partial charge on any atom is -0.357 e. The van der Waals surface area contributed by atoms with Crippen molar-refractivity contribution >= 4 is 0 Å². The molecule has 0 fully saturated rings. The minimum absolute atomic E-state index is 1.05. The molecule has 0 aliphatic rings. The summed E-state index contributed by atoms with van der Waals surface area (Å²) in [7, 11) is 0. The van der Waals surface area contributed by atoms with Crippen LogP contribution in [0.3, 0.4) is 0 Å². The summed E-state index contributed by atoms with van der Waals surface area (Å²) in [5.41, 5.74) is 5.32. The molecule has 1 rings (SSSR count). The quantitative estimate of drug-likeness (QED) is 0.624. The Hall–Kier alpha value is -0.860. The Morgan fingerprint density at radius 2 is 1.93 bits per heavy atom. The van der Waals surface area contributed by atoms with E-state index in [4.69, 9.17) is 0 Å². The molecule has 2 nitrogen and oxygen atoms in total. The molecule has 1 aromatic rings. The summed E-state index contributed by atoms with van der Waals surface area (Å²) >= 11 is 0. The summed E-state index contributed by atoms with van der Waals surface area (Å²) in [6.45, 7) is 6.90. The number of quaternary nitrogens is 2. The molecule has 2 heteroatoms. The summed E-state index contributed by atoms with van der Waals surface area (Å²) in [5.74, 6) is 0. The SMILES string of the molecule is CC[NH+](CCC[NH3+])Cc1ccccc1. The van der Waals surface area contributed by atoms with Gasteiger partial charge >= 0.3 is 0 Å². The van der Waals surface area contributed by atoms with Crippen molar-refractivity contribution < 1.29 is 10.6 Å². The van der Waals surface area contributed by atoms with E-state index in [9.17, 15) is 0 Å². The first-order chi connectivity index (χ1) is 6.86. The Morgan fingerprint density at radius 1 is 1.21 bits per heavy atom. The summed E-state index contributed by atoms with van der Waals surface area (Å²) in [6, 6.07) is 10.7. The van der Waals surface area contributed by atoms with E-state index in [1.54, 1.807) is 4.90 Å². The third kappa shape index (κ3) is 3.90. The number of rotatable bonds is 6. The fourth-order valence-electron chi connectivity index (χ4n) is 1.65. The van der Waals surface area contributed by atoms with Gasteiger partial charge in [-0.25, -0.2) is 0 Å². The van der Waals surface area contributed by atoms with Gasteiger partial charge in [-0.15, -0.1) is 0 Å². The summed E-state index contributed by atoms with van der Waals surface area (Å²) in [4.78, 5) is 1.65. The predicted molar refractivity (Wildman–Crippen MR) is 58.9 cm³/mol. The van der Waals surface area contributed by atoms with Gasteiger partial charge in [0.2, 0.25) is 0 Å². The number of hydrogen-bond acceptors (Lipinski definition) is 0. The molecule has 0 aliphatic carbocycles. The average molecular weight is 194 g/mol. The van der Waals surface area contributed by atoms with E-state index >= 15 is 0 Å². The van der Waals surface area contributed by atoms with Crippen LogP contribution in [-0.4, -0.2) is 19.6 Å². The second-order valence-electron chi connectivity index (χ2n) is 3.72. The number of nitrogens with one attached hydrogen (secondary N) is 1. The zero-order valence-electron chi connectivity index (χ0n) is 9.13. The van der Waals surface area contributed by atoms with Crippen molar-refractivity contribution in [2.45, 2.75) is 19.9 Å². The third-order valence-electron chi connectivity index (χ3n) is 2.58. The second kappa shape index (κ2) is 6.57. The highest BCUT2D eigenvalue weighted by Crippen LogP contribution is 1.94. The molecule has 1 aromatic carbocycles. The molecule has 0 saturated heterocycles. The molecular weight excluding hydrogens is 172 g/mol. The molecule has 1 atom stereocenters. The Morgan fingerprint density at radius 3 is 2.50 bits per heavy atom. The molecule has 78 valence electrons. The normalized spacial score (nSPS) is 12.7. The Balaban J connectivity index is 2.40. The first kappa shape index (κ1) is 11.2. The fraction of sp³-hybridized carbons (Fsp3) is 0.500. The largest absolute Gasteiger partial charge is 0.357 e. The maximum Gasteiger partial charge on any atom is 0.103 e. The smallest absolute Gasteiger partial charge is 0.103 e. The fourth-order valence-corrected chi connectivity index (χ4v) is 1.65. The van der Waals surface area contributed by atoms with Crippen LogP contribution in [0.15, 0.2) is 30.3 Å². The van der Waals surface area contributed by atoms with Crippen LogP contribution in [0.1, 0.15) is 18.9 Å². The second-order valence-corrected chi connectivity index (χ2v) is 3.72. The van der Waals surface area contributed by atoms with E-state index in [1.165, 1.54) is 25.1 Å². The first-order valence-electron chi connectivity index (χ1n) is 5.53. The molecule has 0 saturated carbocycles. The Bertz CT molecular complexity index is 233. The first-order valence-corrected chi connectivity index (χ1v) is 5.53. The van der Waals surface area contributed by atoms with Crippen LogP contribution in [0.5, 0.6) is 0 Å². The van der Waals surface area contributed by atoms with E-state index in [1.807, 2.05) is 0 Å². The molecule has 0 aliphatic heterocycles. The monoisotopic (exact) mass is 194 g/mol. The molecule has 0 aromatic heterocycles. The van der Waals surface area contributed by atoms with Crippen molar-refractivity contribution in [3.05, 3.63) is 35.9 Å². The lowest BCUT2D eigenvalue weighted by Gasteiger charge is -2.16. The minimum atomic E-state index is 1.05. The van der Waals surface area contributed by atoms with Gasteiger partial charge in [0.25, 0.3) is 0 Å². The van der Waals surface area contributed by atoms with Crippen molar-refractivity contribution in [1.29, 1.82) is 0 Å². The summed E-state index contributed by atoms with van der Waals surface area (Å²) < 4.78 is 0. The summed E-state index contributed by atoms with van der Waals surface area (Å²) in [5, 5.41) is 0. The summed E-state index contributed by atoms with van der Waals surface area (Å²) in [6.07, 6.45) is 1.23. The highest BCUT2D eigenvalue weighted by molar-refractivity contribution is 5.13. The lowest BCUT2D eigenvalue weighted by Crippen LogP contribution is -3.10. The molecule has 0 bridgehead atoms. The van der Waals surface area contributed by atoms with Crippen LogP contribution >= 0.6 is 0 Å². The Labute approximate surface area is 86.7 Å². The third-order valence-corrected chi connectivity index (χ3v) is 2.58. The van der Waals surface area contributed by atoms with Crippen LogP contribution < -0.4 is 10.6 Å². The Kier molecular flexibility index (Phi) is 5.27. The topological polar surface area (TPSA) is 32.1 Å². The van der Waals surface area contributed by atoms with Gasteiger partial charge < -0.3 is 10.6 Å². The van der Waals surface area contributed by atoms with Crippen LogP contribution in [0.4, 0.5) is 0 Å². The van der Waals surface area contributed by atoms with Crippen LogP contribution in [0.2, 0.25) is 0 Å². The molecule has 1 unspecified atom stereocenters. The molecule has 0 heterocycles. The van der Waals surface area contributed by atoms with Gasteiger partial charge in [-0.1, -0.05) is 30.3 Å². The van der Waals surface area contributed by atoms with Crippen LogP contribution in [0, 0.1) is 0 Å². The van der Waals surface area contributed by atoms with Crippen molar-refractivity contribution in [3.63, 3.8) is 0 Å². The lowest BCUT2D eigenvalue weighted by molar-refractivity contribution is -0.912. The van der Waals surface area contributed by atoms with Crippen LogP contribution in [-0.2, 0) is 6.54 Å². The van der Waals surface area contributed by atoms with Crippen LogP contribution in [0.25, 0.3) is 0 Å². The zero-order valence-corrected chi connectivity index (χ0v) is 9.13. The van der Waals surface area contributed by atoms with Crippen molar-refractivity contribution in [1.82, 2.24) is 0 Å². The van der Waals surface area contributed by atoms with E-state index in [-0.39, 0.29) is 0 Å². The van der Waals surface area contributed by atoms with E-state index in [2.05, 4.69) is 43.0 Å². The van der Waals surface area contributed by atoms with Crippen molar-refractivity contribution in [3.8, 4) is 0 Å². The maximum absolute atomic E-state index is 3.89. The van der Waals surface area contributed by atoms with Crippen molar-refractivity contribution in [2.24, 2.45) is 0 Å². The van der Waals surface area contributed by atoms with Gasteiger partial charge in [0.1, 0.15) is 6.54 Å². The van der Waals surface area contributed by atoms with Gasteiger partial charge in [0.15, 0.2) is 0 Å². The van der Waals surface area contributed by atoms with Gasteiger partial charge in [-0.05, 0) is 6.92 Å². The lowest BCUT2D eigenvalue weighted by atomic mass is 10.2. The highest BCUT2D eigenvalue weighted by Gasteiger charge is 2.05. The molecule has 14 heavy (non-hydrogen) atoms. The van der Waals surface area contributed by atoms with Gasteiger partial charge in [-0.3, -0.25) is 0 Å². The molecule has 0 amide bonds. The standard InChI is InChI=1S/C12H20N2/c1-2-14(10-6-9-13)11-12-7-4-3-5-8-12/h3-5,7-8H,2,6,9-11,13H2,1H3/p+2. The predicted octanol–water partition coefficient (Wildman–Crippen LogP) is -0.277. The zero-order chi connectivity index (χ0) is 10.2. The van der Waals surface area contributed by atoms with Gasteiger partial charge in [0, 0.05) is 12.0 Å². The van der Waals surface area contributed by atoms with E-state index < -0.39 is 0 Å². The van der Waals surface area contributed by atoms with Crippen molar-refractivity contribution in [2.75, 3.05) is 19.6 Å². The molecular formula is C12H22N2+2.